The molecule has 0 bridgehead atoms. The fourth-order valence-corrected chi connectivity index (χ4v) is 5.75. The maximum Gasteiger partial charge on any atom is 0.297 e. The summed E-state index contributed by atoms with van der Waals surface area (Å²) < 4.78 is 20.8. The number of carbonyl (C=O) groups is 2. The molecule has 8 heteroatoms. The number of aryl methyl sites for hydroxylation is 1. The van der Waals surface area contributed by atoms with Crippen LogP contribution in [0.25, 0.3) is 11.0 Å². The number of nitrogens with zero attached hydrogens (tertiary/aromatic N) is 3. The van der Waals surface area contributed by atoms with E-state index in [0.29, 0.717) is 16.8 Å². The quantitative estimate of drug-likeness (QED) is 0.333. The average molecular weight is 518 g/mol. The van der Waals surface area contributed by atoms with Crippen molar-refractivity contribution in [3.8, 4) is 0 Å². The number of benzene rings is 3. The number of rotatable bonds is 3. The van der Waals surface area contributed by atoms with E-state index in [4.69, 9.17) is 4.42 Å². The van der Waals surface area contributed by atoms with Crippen molar-refractivity contribution in [1.29, 1.82) is 0 Å². The Balaban J connectivity index is 1.58. The molecule has 0 saturated carbocycles. The number of hydrogen-bond donors (Lipinski definition) is 0. The van der Waals surface area contributed by atoms with E-state index in [9.17, 15) is 18.8 Å². The molecule has 0 aliphatic carbocycles. The van der Waals surface area contributed by atoms with Gasteiger partial charge in [0.15, 0.2) is 11.0 Å². The Morgan fingerprint density at radius 3 is 2.49 bits per heavy atom. The Labute approximate surface area is 221 Å². The molecule has 5 aromatic rings. The van der Waals surface area contributed by atoms with E-state index in [0.717, 1.165) is 5.56 Å². The molecule has 0 fully saturated rings. The predicted molar refractivity (Wildman–Crippen MR) is 143 cm³/mol. The van der Waals surface area contributed by atoms with Gasteiger partial charge in [0.25, 0.3) is 11.8 Å². The third-order valence-corrected chi connectivity index (χ3v) is 7.45. The highest BCUT2D eigenvalue weighted by atomic mass is 19.1. The van der Waals surface area contributed by atoms with E-state index in [1.54, 1.807) is 85.1 Å². The SMILES string of the molecule is Cc1ccnc(N2C(=O)c3oc4ccccc4c(=O)c3C23C(=O)N(Cc2ccccc2F)c2ccccc23)c1. The summed E-state index contributed by atoms with van der Waals surface area (Å²) in [5, 5.41) is 0.250. The molecule has 0 radical (unpaired) electrons. The number of amides is 2. The molecule has 1 atom stereocenters. The predicted octanol–water partition coefficient (Wildman–Crippen LogP) is 5.09. The summed E-state index contributed by atoms with van der Waals surface area (Å²) >= 11 is 0. The molecule has 7 nitrogen and oxygen atoms in total. The van der Waals surface area contributed by atoms with Crippen LogP contribution in [-0.2, 0) is 16.9 Å². The van der Waals surface area contributed by atoms with Crippen LogP contribution in [0.2, 0.25) is 0 Å². The highest BCUT2D eigenvalue weighted by molar-refractivity contribution is 6.24. The summed E-state index contributed by atoms with van der Waals surface area (Å²) in [7, 11) is 0. The van der Waals surface area contributed by atoms with Gasteiger partial charge in [-0.05, 0) is 48.9 Å². The van der Waals surface area contributed by atoms with Gasteiger partial charge in [0.1, 0.15) is 17.2 Å². The monoisotopic (exact) mass is 517 g/mol. The van der Waals surface area contributed by atoms with Crippen LogP contribution in [0.1, 0.15) is 32.8 Å². The molecule has 1 spiro atoms. The summed E-state index contributed by atoms with van der Waals surface area (Å²) in [5.41, 5.74) is -0.195. The standard InChI is InChI=1S/C31H20FN3O4/c1-18-14-15-33-25(16-18)35-29(37)28-26(27(36)20-9-3-7-13-24(20)39-28)31(35)21-10-4-6-12-23(21)34(30(31)38)17-19-8-2-5-11-22(19)32/h2-16H,17H2,1H3. The lowest BCUT2D eigenvalue weighted by Crippen LogP contribution is -2.54. The van der Waals surface area contributed by atoms with E-state index in [1.807, 2.05) is 6.92 Å². The lowest BCUT2D eigenvalue weighted by molar-refractivity contribution is -0.121. The minimum absolute atomic E-state index is 0.0667. The second-order valence-corrected chi connectivity index (χ2v) is 9.67. The number of fused-ring (bicyclic) bond motifs is 5. The van der Waals surface area contributed by atoms with Gasteiger partial charge in [-0.3, -0.25) is 19.3 Å². The van der Waals surface area contributed by atoms with Crippen molar-refractivity contribution in [3.05, 3.63) is 135 Å². The molecule has 3 aromatic carbocycles. The van der Waals surface area contributed by atoms with Crippen LogP contribution in [0.3, 0.4) is 0 Å². The Bertz CT molecular complexity index is 1920. The summed E-state index contributed by atoms with van der Waals surface area (Å²) in [6.07, 6.45) is 1.54. The molecule has 2 aliphatic rings. The number of aromatic nitrogens is 1. The van der Waals surface area contributed by atoms with Crippen LogP contribution < -0.4 is 15.2 Å². The first-order chi connectivity index (χ1) is 18.9. The minimum Gasteiger partial charge on any atom is -0.450 e. The maximum absolute atomic E-state index is 14.8. The van der Waals surface area contributed by atoms with Crippen molar-refractivity contribution >= 4 is 34.3 Å². The van der Waals surface area contributed by atoms with Crippen molar-refractivity contribution in [2.24, 2.45) is 0 Å². The average Bonchev–Trinajstić information content (AvgIpc) is 3.34. The third-order valence-electron chi connectivity index (χ3n) is 7.45. The van der Waals surface area contributed by atoms with Crippen LogP contribution in [0, 0.1) is 12.7 Å². The Morgan fingerprint density at radius 1 is 0.923 bits per heavy atom. The Morgan fingerprint density at radius 2 is 1.67 bits per heavy atom. The van der Waals surface area contributed by atoms with Gasteiger partial charge in [-0.1, -0.05) is 48.5 Å². The molecule has 190 valence electrons. The topological polar surface area (TPSA) is 83.7 Å². The fourth-order valence-electron chi connectivity index (χ4n) is 5.75. The van der Waals surface area contributed by atoms with Gasteiger partial charge in [0, 0.05) is 17.3 Å². The van der Waals surface area contributed by atoms with Gasteiger partial charge < -0.3 is 9.32 Å². The van der Waals surface area contributed by atoms with Gasteiger partial charge in [-0.15, -0.1) is 0 Å². The highest BCUT2D eigenvalue weighted by Crippen LogP contribution is 2.54. The van der Waals surface area contributed by atoms with Crippen LogP contribution in [0.4, 0.5) is 15.9 Å². The maximum atomic E-state index is 14.8. The van der Waals surface area contributed by atoms with Crippen molar-refractivity contribution in [1.82, 2.24) is 4.98 Å². The van der Waals surface area contributed by atoms with Crippen LogP contribution in [0.15, 0.2) is 100 Å². The minimum atomic E-state index is -1.89. The first kappa shape index (κ1) is 23.0. The van der Waals surface area contributed by atoms with Gasteiger partial charge in [-0.25, -0.2) is 9.37 Å². The zero-order chi connectivity index (χ0) is 26.9. The molecule has 39 heavy (non-hydrogen) atoms. The molecule has 2 aliphatic heterocycles. The van der Waals surface area contributed by atoms with Crippen molar-refractivity contribution in [2.75, 3.05) is 9.80 Å². The van der Waals surface area contributed by atoms with Gasteiger partial charge in [0.05, 0.1) is 23.2 Å². The lowest BCUT2D eigenvalue weighted by Gasteiger charge is -2.33. The summed E-state index contributed by atoms with van der Waals surface area (Å²) in [5.74, 6) is -1.69. The molecular formula is C31H20FN3O4. The fraction of sp³-hybridized carbons (Fsp3) is 0.0968. The summed E-state index contributed by atoms with van der Waals surface area (Å²) in [4.78, 5) is 50.2. The zero-order valence-electron chi connectivity index (χ0n) is 20.7. The number of carbonyl (C=O) groups excluding carboxylic acids is 2. The van der Waals surface area contributed by atoms with Crippen molar-refractivity contribution in [3.63, 3.8) is 0 Å². The number of pyridine rings is 1. The van der Waals surface area contributed by atoms with E-state index in [-0.39, 0.29) is 34.7 Å². The van der Waals surface area contributed by atoms with Crippen LogP contribution >= 0.6 is 0 Å². The third kappa shape index (κ3) is 3.02. The van der Waals surface area contributed by atoms with Crippen molar-refractivity contribution < 1.29 is 18.4 Å². The summed E-state index contributed by atoms with van der Waals surface area (Å²) in [6, 6.07) is 23.2. The highest BCUT2D eigenvalue weighted by Gasteiger charge is 2.66. The number of halogens is 1. The van der Waals surface area contributed by atoms with Crippen LogP contribution in [-0.4, -0.2) is 16.8 Å². The second-order valence-electron chi connectivity index (χ2n) is 9.67. The molecule has 2 amide bonds. The van der Waals surface area contributed by atoms with E-state index in [1.165, 1.54) is 15.9 Å². The molecule has 0 N–H and O–H groups in total. The van der Waals surface area contributed by atoms with Crippen molar-refractivity contribution in [2.45, 2.75) is 19.0 Å². The van der Waals surface area contributed by atoms with E-state index >= 15 is 0 Å². The lowest BCUT2D eigenvalue weighted by atomic mass is 9.84. The molecule has 0 saturated heterocycles. The molecule has 7 rings (SSSR count). The van der Waals surface area contributed by atoms with Gasteiger partial charge >= 0.3 is 0 Å². The largest absolute Gasteiger partial charge is 0.450 e. The van der Waals surface area contributed by atoms with E-state index < -0.39 is 28.6 Å². The molecule has 4 heterocycles. The normalized spacial score (nSPS) is 17.8. The zero-order valence-corrected chi connectivity index (χ0v) is 20.7. The first-order valence-electron chi connectivity index (χ1n) is 12.4. The Kier molecular flexibility index (Phi) is 4.84. The number of anilines is 2. The number of para-hydroxylation sites is 2. The first-order valence-corrected chi connectivity index (χ1v) is 12.4. The van der Waals surface area contributed by atoms with E-state index in [2.05, 4.69) is 4.98 Å². The van der Waals surface area contributed by atoms with Gasteiger partial charge in [-0.2, -0.15) is 0 Å². The second kappa shape index (κ2) is 8.19. The van der Waals surface area contributed by atoms with Crippen LogP contribution in [0.5, 0.6) is 0 Å². The number of hydrogen-bond acceptors (Lipinski definition) is 5. The molecule has 1 unspecified atom stereocenters. The summed E-state index contributed by atoms with van der Waals surface area (Å²) in [6.45, 7) is 1.75. The molecule has 2 aromatic heterocycles. The Hall–Kier alpha value is -5.11. The molecular weight excluding hydrogens is 497 g/mol. The van der Waals surface area contributed by atoms with Gasteiger partial charge in [0.2, 0.25) is 5.76 Å². The smallest absolute Gasteiger partial charge is 0.297 e.